The molecule has 0 saturated heterocycles. The summed E-state index contributed by atoms with van der Waals surface area (Å²) < 4.78 is 0. The number of hydrogen-bond acceptors (Lipinski definition) is 3. The molecule has 0 unspecified atom stereocenters. The number of hydrogen-bond donors (Lipinski definition) is 2. The summed E-state index contributed by atoms with van der Waals surface area (Å²) in [6.07, 6.45) is 10.3. The Morgan fingerprint density at radius 3 is 3.04 bits per heavy atom. The van der Waals surface area contributed by atoms with Crippen molar-refractivity contribution in [1.29, 1.82) is 0 Å². The standard InChI is InChI=1S/C20H18N2O2/c1-2-6-15-7-5-8-16(13-15)14-21-18-11-10-17-9-3-4-12-22(17)19(18)20(23)24/h4-5,7-13,21H,3,14H2,1H3,(H,23,24). The highest BCUT2D eigenvalue weighted by atomic mass is 16.4. The molecule has 0 atom stereocenters. The lowest BCUT2D eigenvalue weighted by molar-refractivity contribution is -0.134. The highest BCUT2D eigenvalue weighted by Gasteiger charge is 2.25. The van der Waals surface area contributed by atoms with Crippen molar-refractivity contribution in [2.45, 2.75) is 19.9 Å². The molecule has 2 aliphatic heterocycles. The fourth-order valence-electron chi connectivity index (χ4n) is 2.73. The number of nitrogens with zero attached hydrogens (tertiary/aromatic N) is 1. The van der Waals surface area contributed by atoms with Gasteiger partial charge in [0.1, 0.15) is 0 Å². The summed E-state index contributed by atoms with van der Waals surface area (Å²) in [6.45, 7) is 2.34. The number of fused-ring (bicyclic) bond motifs is 1. The largest absolute Gasteiger partial charge is 0.476 e. The molecule has 0 amide bonds. The first kappa shape index (κ1) is 15.7. The lowest BCUT2D eigenvalue weighted by atomic mass is 10.1. The Kier molecular flexibility index (Phi) is 4.53. The van der Waals surface area contributed by atoms with Crippen molar-refractivity contribution in [3.63, 3.8) is 0 Å². The maximum absolute atomic E-state index is 11.7. The molecule has 0 aliphatic carbocycles. The first-order valence-corrected chi connectivity index (χ1v) is 7.76. The molecule has 1 aromatic rings. The van der Waals surface area contributed by atoms with Gasteiger partial charge in [0.25, 0.3) is 0 Å². The molecule has 0 spiro atoms. The van der Waals surface area contributed by atoms with Gasteiger partial charge in [-0.25, -0.2) is 4.79 Å². The number of benzene rings is 1. The van der Waals surface area contributed by atoms with Crippen LogP contribution in [-0.2, 0) is 11.3 Å². The van der Waals surface area contributed by atoms with E-state index < -0.39 is 5.97 Å². The lowest BCUT2D eigenvalue weighted by Crippen LogP contribution is -2.30. The molecule has 2 N–H and O–H groups in total. The molecular formula is C20H18N2O2. The zero-order valence-corrected chi connectivity index (χ0v) is 13.4. The Labute approximate surface area is 141 Å². The molecule has 0 saturated carbocycles. The van der Waals surface area contributed by atoms with Gasteiger partial charge in [-0.3, -0.25) is 0 Å². The van der Waals surface area contributed by atoms with E-state index in [4.69, 9.17) is 0 Å². The molecule has 2 heterocycles. The number of allylic oxidation sites excluding steroid dienone is 4. The summed E-state index contributed by atoms with van der Waals surface area (Å²) in [6, 6.07) is 7.91. The lowest BCUT2D eigenvalue weighted by Gasteiger charge is -2.29. The van der Waals surface area contributed by atoms with Crippen LogP contribution >= 0.6 is 0 Å². The van der Waals surface area contributed by atoms with Gasteiger partial charge in [0.2, 0.25) is 0 Å². The Hall–Kier alpha value is -3.19. The maximum Gasteiger partial charge on any atom is 0.355 e. The SMILES string of the molecule is CC#Cc1cccc(CNC2=C(C(=O)O)N3C=CCC=C3C=C2)c1. The molecule has 24 heavy (non-hydrogen) atoms. The van der Waals surface area contributed by atoms with E-state index in [1.54, 1.807) is 18.0 Å². The molecule has 4 heteroatoms. The molecule has 1 aromatic carbocycles. The third kappa shape index (κ3) is 3.26. The summed E-state index contributed by atoms with van der Waals surface area (Å²) in [7, 11) is 0. The van der Waals surface area contributed by atoms with E-state index in [0.29, 0.717) is 12.2 Å². The molecule has 3 rings (SSSR count). The van der Waals surface area contributed by atoms with E-state index >= 15 is 0 Å². The van der Waals surface area contributed by atoms with Crippen molar-refractivity contribution in [3.05, 3.63) is 83.0 Å². The van der Waals surface area contributed by atoms with Gasteiger partial charge >= 0.3 is 5.97 Å². The normalized spacial score (nSPS) is 15.4. The zero-order chi connectivity index (χ0) is 16.9. The minimum Gasteiger partial charge on any atom is -0.476 e. The molecular weight excluding hydrogens is 300 g/mol. The predicted molar refractivity (Wildman–Crippen MR) is 93.3 cm³/mol. The second kappa shape index (κ2) is 6.93. The fraction of sp³-hybridized carbons (Fsp3) is 0.150. The van der Waals surface area contributed by atoms with Crippen molar-refractivity contribution < 1.29 is 9.90 Å². The number of carboxylic acid groups (broad SMARTS) is 1. The third-order valence-electron chi connectivity index (χ3n) is 3.79. The fourth-order valence-corrected chi connectivity index (χ4v) is 2.73. The Morgan fingerprint density at radius 2 is 2.25 bits per heavy atom. The smallest absolute Gasteiger partial charge is 0.355 e. The van der Waals surface area contributed by atoms with Crippen LogP contribution in [0.15, 0.2) is 71.9 Å². The number of nitrogens with one attached hydrogen (secondary N) is 1. The second-order valence-electron chi connectivity index (χ2n) is 5.45. The van der Waals surface area contributed by atoms with Crippen molar-refractivity contribution in [1.82, 2.24) is 10.2 Å². The first-order valence-electron chi connectivity index (χ1n) is 7.76. The first-order chi connectivity index (χ1) is 11.7. The van der Waals surface area contributed by atoms with Crippen molar-refractivity contribution in [2.75, 3.05) is 0 Å². The van der Waals surface area contributed by atoms with Crippen LogP contribution in [0, 0.1) is 11.8 Å². The Morgan fingerprint density at radius 1 is 1.38 bits per heavy atom. The highest BCUT2D eigenvalue weighted by molar-refractivity contribution is 5.89. The number of aliphatic carboxylic acids is 1. The van der Waals surface area contributed by atoms with Crippen molar-refractivity contribution >= 4 is 5.97 Å². The Bertz CT molecular complexity index is 848. The average molecular weight is 318 g/mol. The summed E-state index contributed by atoms with van der Waals surface area (Å²) in [5.41, 5.74) is 3.73. The summed E-state index contributed by atoms with van der Waals surface area (Å²) in [4.78, 5) is 13.4. The van der Waals surface area contributed by atoms with Crippen LogP contribution in [-0.4, -0.2) is 16.0 Å². The van der Waals surface area contributed by atoms with Crippen LogP contribution in [0.5, 0.6) is 0 Å². The van der Waals surface area contributed by atoms with Gasteiger partial charge in [0.15, 0.2) is 5.70 Å². The zero-order valence-electron chi connectivity index (χ0n) is 13.4. The third-order valence-corrected chi connectivity index (χ3v) is 3.79. The van der Waals surface area contributed by atoms with Crippen LogP contribution in [0.25, 0.3) is 0 Å². The van der Waals surface area contributed by atoms with Gasteiger partial charge in [-0.1, -0.05) is 30.2 Å². The van der Waals surface area contributed by atoms with Crippen LogP contribution in [0.4, 0.5) is 0 Å². The van der Waals surface area contributed by atoms with E-state index in [1.165, 1.54) is 0 Å². The maximum atomic E-state index is 11.7. The minimum atomic E-state index is -0.954. The molecule has 120 valence electrons. The van der Waals surface area contributed by atoms with Gasteiger partial charge in [-0.2, -0.15) is 0 Å². The van der Waals surface area contributed by atoms with E-state index in [0.717, 1.165) is 23.2 Å². The molecule has 0 radical (unpaired) electrons. The van der Waals surface area contributed by atoms with Gasteiger partial charge in [-0.05, 0) is 43.2 Å². The molecule has 0 fully saturated rings. The number of carboxylic acids is 1. The average Bonchev–Trinajstić information content (AvgIpc) is 2.59. The minimum absolute atomic E-state index is 0.240. The van der Waals surface area contributed by atoms with Crippen LogP contribution < -0.4 is 5.32 Å². The van der Waals surface area contributed by atoms with Gasteiger partial charge < -0.3 is 15.3 Å². The van der Waals surface area contributed by atoms with Crippen LogP contribution in [0.1, 0.15) is 24.5 Å². The van der Waals surface area contributed by atoms with Gasteiger partial charge in [0.05, 0.1) is 5.70 Å². The Balaban J connectivity index is 1.83. The molecule has 4 nitrogen and oxygen atoms in total. The molecule has 2 aliphatic rings. The van der Waals surface area contributed by atoms with Crippen LogP contribution in [0.3, 0.4) is 0 Å². The number of rotatable bonds is 4. The van der Waals surface area contributed by atoms with Gasteiger partial charge in [0, 0.05) is 24.0 Å². The van der Waals surface area contributed by atoms with E-state index in [-0.39, 0.29) is 5.70 Å². The second-order valence-corrected chi connectivity index (χ2v) is 5.45. The summed E-state index contributed by atoms with van der Waals surface area (Å²) in [5.74, 6) is 4.95. The topological polar surface area (TPSA) is 52.6 Å². The monoisotopic (exact) mass is 318 g/mol. The quantitative estimate of drug-likeness (QED) is 0.838. The highest BCUT2D eigenvalue weighted by Crippen LogP contribution is 2.27. The molecule has 0 bridgehead atoms. The molecule has 0 aromatic heterocycles. The predicted octanol–water partition coefficient (Wildman–Crippen LogP) is 3.12. The van der Waals surface area contributed by atoms with Crippen LogP contribution in [0.2, 0.25) is 0 Å². The van der Waals surface area contributed by atoms with E-state index in [1.807, 2.05) is 48.6 Å². The number of carbonyl (C=O) groups is 1. The van der Waals surface area contributed by atoms with E-state index in [9.17, 15) is 9.90 Å². The summed E-state index contributed by atoms with van der Waals surface area (Å²) in [5, 5.41) is 12.8. The van der Waals surface area contributed by atoms with Gasteiger partial charge in [-0.15, -0.1) is 5.92 Å². The van der Waals surface area contributed by atoms with Crippen molar-refractivity contribution in [2.24, 2.45) is 0 Å². The van der Waals surface area contributed by atoms with Crippen molar-refractivity contribution in [3.8, 4) is 11.8 Å². The summed E-state index contributed by atoms with van der Waals surface area (Å²) >= 11 is 0. The van der Waals surface area contributed by atoms with E-state index in [2.05, 4.69) is 17.2 Å².